The average Bonchev–Trinajstić information content (AvgIpc) is 3.22. The van der Waals surface area contributed by atoms with Crippen molar-refractivity contribution in [2.75, 3.05) is 16.8 Å². The molecule has 0 aliphatic carbocycles. The minimum Gasteiger partial charge on any atom is -0.324 e. The topological polar surface area (TPSA) is 110 Å². The molecule has 1 aromatic carbocycles. The number of H-pyrrole nitrogens is 1. The first-order valence-electron chi connectivity index (χ1n) is 8.36. The Kier molecular flexibility index (Phi) is 3.83. The van der Waals surface area contributed by atoms with Crippen molar-refractivity contribution in [2.45, 2.75) is 26.3 Å². The zero-order valence-electron chi connectivity index (χ0n) is 14.5. The van der Waals surface area contributed by atoms with Crippen LogP contribution in [0.2, 0.25) is 0 Å². The number of aromatic amines is 1. The molecule has 1 atom stereocenters. The molecule has 136 valence electrons. The number of carbonyl (C=O) groups excluding carboxylic acids is 1. The zero-order valence-corrected chi connectivity index (χ0v) is 15.3. The fourth-order valence-corrected chi connectivity index (χ4v) is 5.19. The molecule has 3 aromatic rings. The van der Waals surface area contributed by atoms with Gasteiger partial charge in [0.05, 0.1) is 39.8 Å². The highest BCUT2D eigenvalue weighted by Gasteiger charge is 2.32. The molecule has 0 unspecified atom stereocenters. The largest absolute Gasteiger partial charge is 0.324 e. The Balaban J connectivity index is 1.62. The van der Waals surface area contributed by atoms with Crippen molar-refractivity contribution >= 4 is 32.7 Å². The molecule has 4 rings (SSSR count). The molecule has 0 saturated carbocycles. The minimum absolute atomic E-state index is 0.0690. The van der Waals surface area contributed by atoms with E-state index in [0.717, 1.165) is 11.0 Å². The van der Waals surface area contributed by atoms with E-state index in [2.05, 4.69) is 20.4 Å². The smallest absolute Gasteiger partial charge is 0.261 e. The second-order valence-corrected chi connectivity index (χ2v) is 8.83. The number of benzene rings is 1. The average molecular weight is 373 g/mol. The predicted octanol–water partition coefficient (Wildman–Crippen LogP) is 1.99. The molecule has 8 nitrogen and oxygen atoms in total. The van der Waals surface area contributed by atoms with Crippen LogP contribution in [0, 0.1) is 13.8 Å². The summed E-state index contributed by atoms with van der Waals surface area (Å²) >= 11 is 0. The monoisotopic (exact) mass is 373 g/mol. The maximum Gasteiger partial charge on any atom is 0.261 e. The van der Waals surface area contributed by atoms with Crippen molar-refractivity contribution in [2.24, 2.45) is 0 Å². The lowest BCUT2D eigenvalue weighted by Gasteiger charge is -2.11. The number of amides is 1. The quantitative estimate of drug-likeness (QED) is 0.729. The number of rotatable bonds is 3. The van der Waals surface area contributed by atoms with E-state index < -0.39 is 9.84 Å². The van der Waals surface area contributed by atoms with Gasteiger partial charge < -0.3 is 4.98 Å². The van der Waals surface area contributed by atoms with Crippen LogP contribution in [-0.2, 0) is 9.84 Å². The lowest BCUT2D eigenvalue weighted by molar-refractivity contribution is 0.102. The lowest BCUT2D eigenvalue weighted by Crippen LogP contribution is -2.17. The van der Waals surface area contributed by atoms with Crippen molar-refractivity contribution < 1.29 is 13.2 Å². The number of nitrogens with one attached hydrogen (secondary N) is 2. The van der Waals surface area contributed by atoms with Crippen LogP contribution in [0.5, 0.6) is 0 Å². The highest BCUT2D eigenvalue weighted by atomic mass is 32.2. The number of imidazole rings is 1. The maximum absolute atomic E-state index is 12.7. The van der Waals surface area contributed by atoms with Crippen molar-refractivity contribution in [3.8, 4) is 0 Å². The molecule has 2 aromatic heterocycles. The minimum atomic E-state index is -3.02. The molecule has 0 spiro atoms. The third-order valence-corrected chi connectivity index (χ3v) is 6.48. The van der Waals surface area contributed by atoms with Crippen LogP contribution in [0.3, 0.4) is 0 Å². The summed E-state index contributed by atoms with van der Waals surface area (Å²) in [5, 5.41) is 7.20. The molecule has 2 N–H and O–H groups in total. The summed E-state index contributed by atoms with van der Waals surface area (Å²) in [4.78, 5) is 20.2. The van der Waals surface area contributed by atoms with E-state index in [1.165, 1.54) is 0 Å². The van der Waals surface area contributed by atoms with E-state index in [4.69, 9.17) is 0 Å². The summed E-state index contributed by atoms with van der Waals surface area (Å²) in [5.74, 6) is 0.285. The van der Waals surface area contributed by atoms with Gasteiger partial charge in [-0.25, -0.2) is 13.4 Å². The zero-order chi connectivity index (χ0) is 18.5. The van der Waals surface area contributed by atoms with Crippen LogP contribution in [0.25, 0.3) is 11.0 Å². The van der Waals surface area contributed by atoms with E-state index in [1.54, 1.807) is 18.5 Å². The molecule has 26 heavy (non-hydrogen) atoms. The van der Waals surface area contributed by atoms with Gasteiger partial charge in [-0.05, 0) is 32.4 Å². The van der Waals surface area contributed by atoms with Crippen molar-refractivity contribution in [3.63, 3.8) is 0 Å². The normalized spacial score (nSPS) is 19.1. The van der Waals surface area contributed by atoms with Crippen LogP contribution >= 0.6 is 0 Å². The number of aromatic nitrogens is 4. The van der Waals surface area contributed by atoms with Gasteiger partial charge in [0, 0.05) is 5.69 Å². The van der Waals surface area contributed by atoms with Crippen LogP contribution in [0.1, 0.15) is 34.2 Å². The van der Waals surface area contributed by atoms with E-state index in [1.807, 2.05) is 24.3 Å². The first kappa shape index (κ1) is 16.8. The second-order valence-electron chi connectivity index (χ2n) is 6.60. The van der Waals surface area contributed by atoms with Gasteiger partial charge in [0.1, 0.15) is 0 Å². The molecule has 0 bridgehead atoms. The first-order valence-corrected chi connectivity index (χ1v) is 10.2. The van der Waals surface area contributed by atoms with Gasteiger partial charge in [0.25, 0.3) is 5.91 Å². The summed E-state index contributed by atoms with van der Waals surface area (Å²) < 4.78 is 25.2. The number of hydrogen-bond acceptors (Lipinski definition) is 5. The molecule has 1 saturated heterocycles. The van der Waals surface area contributed by atoms with E-state index in [9.17, 15) is 13.2 Å². The molecule has 9 heteroatoms. The number of anilines is 1. The number of sulfone groups is 1. The van der Waals surface area contributed by atoms with Crippen LogP contribution in [-0.4, -0.2) is 45.6 Å². The predicted molar refractivity (Wildman–Crippen MR) is 98.1 cm³/mol. The van der Waals surface area contributed by atoms with E-state index >= 15 is 0 Å². The molecule has 0 radical (unpaired) electrons. The standard InChI is InChI=1S/C17H19N5O3S/c1-10-15(11(2)22(21-10)12-7-8-26(24,25)9-12)16(23)20-17-18-13-5-3-4-6-14(13)19-17/h3-6,12H,7-9H2,1-2H3,(H2,18,19,20,23)/t12-/m1/s1. The highest BCUT2D eigenvalue weighted by molar-refractivity contribution is 7.91. The van der Waals surface area contributed by atoms with Crippen LogP contribution < -0.4 is 5.32 Å². The third kappa shape index (κ3) is 2.88. The van der Waals surface area contributed by atoms with Gasteiger partial charge in [-0.3, -0.25) is 14.8 Å². The summed E-state index contributed by atoms with van der Waals surface area (Å²) in [6.45, 7) is 3.54. The fourth-order valence-electron chi connectivity index (χ4n) is 3.50. The Morgan fingerprint density at radius 1 is 1.31 bits per heavy atom. The Morgan fingerprint density at radius 2 is 2.08 bits per heavy atom. The summed E-state index contributed by atoms with van der Waals surface area (Å²) in [6, 6.07) is 7.29. The van der Waals surface area contributed by atoms with Gasteiger partial charge in [-0.1, -0.05) is 12.1 Å². The molecule has 1 amide bonds. The van der Waals surface area contributed by atoms with Gasteiger partial charge in [0.2, 0.25) is 5.95 Å². The number of nitrogens with zero attached hydrogens (tertiary/aromatic N) is 3. The summed E-state index contributed by atoms with van der Waals surface area (Å²) in [6.07, 6.45) is 0.523. The second kappa shape index (κ2) is 5.94. The van der Waals surface area contributed by atoms with Crippen LogP contribution in [0.4, 0.5) is 5.95 Å². The highest BCUT2D eigenvalue weighted by Crippen LogP contribution is 2.27. The molecule has 1 aliphatic heterocycles. The summed E-state index contributed by atoms with van der Waals surface area (Å²) in [5.41, 5.74) is 3.29. The number of fused-ring (bicyclic) bond motifs is 1. The van der Waals surface area contributed by atoms with E-state index in [0.29, 0.717) is 29.3 Å². The maximum atomic E-state index is 12.7. The number of hydrogen-bond donors (Lipinski definition) is 2. The number of carbonyl (C=O) groups is 1. The first-order chi connectivity index (χ1) is 12.3. The van der Waals surface area contributed by atoms with Crippen molar-refractivity contribution in [3.05, 3.63) is 41.2 Å². The van der Waals surface area contributed by atoms with Crippen molar-refractivity contribution in [1.82, 2.24) is 19.7 Å². The Labute approximate surface area is 150 Å². The fraction of sp³-hybridized carbons (Fsp3) is 0.353. The third-order valence-electron chi connectivity index (χ3n) is 4.73. The Morgan fingerprint density at radius 3 is 2.77 bits per heavy atom. The Hall–Kier alpha value is -2.68. The van der Waals surface area contributed by atoms with Crippen molar-refractivity contribution in [1.29, 1.82) is 0 Å². The molecule has 1 aliphatic rings. The van der Waals surface area contributed by atoms with Gasteiger partial charge in [-0.2, -0.15) is 5.10 Å². The van der Waals surface area contributed by atoms with E-state index in [-0.39, 0.29) is 23.5 Å². The van der Waals surface area contributed by atoms with Gasteiger partial charge >= 0.3 is 0 Å². The number of para-hydroxylation sites is 2. The SMILES string of the molecule is Cc1nn([C@@H]2CCS(=O)(=O)C2)c(C)c1C(=O)Nc1nc2ccccc2[nH]1. The molecule has 1 fully saturated rings. The summed E-state index contributed by atoms with van der Waals surface area (Å²) in [7, 11) is -3.02. The van der Waals surface area contributed by atoms with Gasteiger partial charge in [-0.15, -0.1) is 0 Å². The van der Waals surface area contributed by atoms with Crippen LogP contribution in [0.15, 0.2) is 24.3 Å². The molecule has 3 heterocycles. The Bertz CT molecular complexity index is 1080. The lowest BCUT2D eigenvalue weighted by atomic mass is 10.1. The molecular weight excluding hydrogens is 354 g/mol. The number of aryl methyl sites for hydroxylation is 1. The molecular formula is C17H19N5O3S. The van der Waals surface area contributed by atoms with Gasteiger partial charge in [0.15, 0.2) is 9.84 Å².